The number of esters is 1. The second-order valence-electron chi connectivity index (χ2n) is 14.8. The molecule has 61 heavy (non-hydrogen) atoms. The van der Waals surface area contributed by atoms with Gasteiger partial charge >= 0.3 is 5.97 Å². The van der Waals surface area contributed by atoms with Gasteiger partial charge in [0.25, 0.3) is 11.8 Å². The molecule has 1 N–H and O–H groups in total. The number of imide groups is 1. The molecule has 340 valence electrons. The molecule has 1 atom stereocenters. The van der Waals surface area contributed by atoms with Crippen molar-refractivity contribution in [2.24, 2.45) is 0 Å². The number of amides is 3. The lowest BCUT2D eigenvalue weighted by Gasteiger charge is -2.20. The van der Waals surface area contributed by atoms with Crippen LogP contribution >= 0.6 is 0 Å². The van der Waals surface area contributed by atoms with E-state index in [1.165, 1.54) is 4.90 Å². The number of ketones is 1. The van der Waals surface area contributed by atoms with Gasteiger partial charge in [-0.05, 0) is 63.4 Å². The Morgan fingerprint density at radius 2 is 1.11 bits per heavy atom. The highest BCUT2D eigenvalue weighted by molar-refractivity contribution is 6.21. The lowest BCUT2D eigenvalue weighted by atomic mass is 9.99. The molecule has 2 aromatic rings. The van der Waals surface area contributed by atoms with E-state index in [4.69, 9.17) is 47.4 Å². The monoisotopic (exact) mass is 860 g/mol. The van der Waals surface area contributed by atoms with Gasteiger partial charge in [-0.3, -0.25) is 24.1 Å². The number of Topliss-reactive ketones (excluding diaryl/α,β-unsaturated/α-hetero) is 1. The quantitative estimate of drug-likeness (QED) is 0.0603. The molecular formula is C44H64N2O15. The Morgan fingerprint density at radius 3 is 1.64 bits per heavy atom. The zero-order valence-electron chi connectivity index (χ0n) is 36.1. The van der Waals surface area contributed by atoms with Crippen LogP contribution in [0.1, 0.15) is 66.3 Å². The van der Waals surface area contributed by atoms with Gasteiger partial charge in [-0.1, -0.05) is 24.3 Å². The largest absolute Gasteiger partial charge is 0.482 e. The minimum absolute atomic E-state index is 0.0535. The summed E-state index contributed by atoms with van der Waals surface area (Å²) in [6.07, 6.45) is 1.00. The SMILES string of the molecule is COCCOCCOCCOCCCC(=O)[C@H](Cc1ccc(OCC(=O)OC(C)(C)C)cc1)NC(=O)CCOCCOCCOCCOCCN1C(=O)c2ccccc2C1=O. The number of methoxy groups -OCH3 is 1. The van der Waals surface area contributed by atoms with Crippen LogP contribution in [0, 0.1) is 0 Å². The molecular weight excluding hydrogens is 796 g/mol. The number of nitrogens with one attached hydrogen (secondary N) is 1. The van der Waals surface area contributed by atoms with Crippen LogP contribution in [-0.4, -0.2) is 165 Å². The predicted molar refractivity (Wildman–Crippen MR) is 222 cm³/mol. The minimum Gasteiger partial charge on any atom is -0.482 e. The van der Waals surface area contributed by atoms with Crippen molar-refractivity contribution in [3.8, 4) is 5.75 Å². The third-order valence-corrected chi connectivity index (χ3v) is 8.68. The molecule has 0 unspecified atom stereocenters. The third-order valence-electron chi connectivity index (χ3n) is 8.68. The van der Waals surface area contributed by atoms with Gasteiger partial charge in [0.05, 0.1) is 116 Å². The van der Waals surface area contributed by atoms with Gasteiger partial charge in [-0.25, -0.2) is 4.79 Å². The lowest BCUT2D eigenvalue weighted by molar-refractivity contribution is -0.157. The summed E-state index contributed by atoms with van der Waals surface area (Å²) in [7, 11) is 1.61. The maximum absolute atomic E-state index is 13.3. The van der Waals surface area contributed by atoms with Gasteiger partial charge in [-0.15, -0.1) is 0 Å². The fourth-order valence-electron chi connectivity index (χ4n) is 5.71. The number of hydrogen-bond donors (Lipinski definition) is 1. The summed E-state index contributed by atoms with van der Waals surface area (Å²) < 4.78 is 54.3. The molecule has 0 bridgehead atoms. The third kappa shape index (κ3) is 21.8. The number of benzene rings is 2. The number of ether oxygens (including phenoxy) is 10. The Hall–Kier alpha value is -4.33. The highest BCUT2D eigenvalue weighted by atomic mass is 16.6. The van der Waals surface area contributed by atoms with Crippen LogP contribution in [0.2, 0.25) is 0 Å². The van der Waals surface area contributed by atoms with Crippen LogP contribution < -0.4 is 10.1 Å². The fourth-order valence-corrected chi connectivity index (χ4v) is 5.71. The van der Waals surface area contributed by atoms with Gasteiger partial charge in [0.15, 0.2) is 12.4 Å². The zero-order chi connectivity index (χ0) is 44.1. The zero-order valence-corrected chi connectivity index (χ0v) is 36.1. The molecule has 0 fully saturated rings. The Balaban J connectivity index is 1.28. The summed E-state index contributed by atoms with van der Waals surface area (Å²) in [6.45, 7) is 10.6. The summed E-state index contributed by atoms with van der Waals surface area (Å²) >= 11 is 0. The maximum Gasteiger partial charge on any atom is 0.344 e. The van der Waals surface area contributed by atoms with Gasteiger partial charge in [0.2, 0.25) is 5.91 Å². The van der Waals surface area contributed by atoms with Gasteiger partial charge in [0, 0.05) is 26.6 Å². The van der Waals surface area contributed by atoms with Crippen molar-refractivity contribution in [3.63, 3.8) is 0 Å². The summed E-state index contributed by atoms with van der Waals surface area (Å²) in [5, 5.41) is 2.87. The van der Waals surface area contributed by atoms with Crippen LogP contribution in [0.5, 0.6) is 5.75 Å². The number of rotatable bonds is 35. The van der Waals surface area contributed by atoms with Crippen LogP contribution in [0.25, 0.3) is 0 Å². The van der Waals surface area contributed by atoms with E-state index < -0.39 is 17.6 Å². The predicted octanol–water partition coefficient (Wildman–Crippen LogP) is 3.23. The van der Waals surface area contributed by atoms with Crippen molar-refractivity contribution in [1.82, 2.24) is 10.2 Å². The topological polar surface area (TPSA) is 193 Å². The number of fused-ring (bicyclic) bond motifs is 1. The molecule has 2 aromatic carbocycles. The summed E-state index contributed by atoms with van der Waals surface area (Å²) in [5.74, 6) is -1.09. The Labute approximate surface area is 358 Å². The summed E-state index contributed by atoms with van der Waals surface area (Å²) in [5.41, 5.74) is 1.00. The molecule has 0 saturated carbocycles. The number of nitrogens with zero attached hydrogens (tertiary/aromatic N) is 1. The Bertz CT molecular complexity index is 1560. The van der Waals surface area contributed by atoms with Crippen LogP contribution in [0.3, 0.4) is 0 Å². The lowest BCUT2D eigenvalue weighted by Crippen LogP contribution is -2.42. The van der Waals surface area contributed by atoms with E-state index in [0.717, 1.165) is 5.56 Å². The highest BCUT2D eigenvalue weighted by Gasteiger charge is 2.34. The van der Waals surface area contributed by atoms with E-state index >= 15 is 0 Å². The van der Waals surface area contributed by atoms with E-state index in [-0.39, 0.29) is 75.7 Å². The molecule has 0 saturated heterocycles. The van der Waals surface area contributed by atoms with E-state index in [0.29, 0.717) is 103 Å². The molecule has 17 nitrogen and oxygen atoms in total. The molecule has 17 heteroatoms. The second-order valence-corrected chi connectivity index (χ2v) is 14.8. The van der Waals surface area contributed by atoms with Crippen molar-refractivity contribution in [2.45, 2.75) is 58.1 Å². The first kappa shape index (κ1) is 51.0. The van der Waals surface area contributed by atoms with Crippen LogP contribution in [-0.2, 0) is 63.4 Å². The number of carbonyl (C=O) groups is 5. The summed E-state index contributed by atoms with van der Waals surface area (Å²) in [4.78, 5) is 64.3. The average molecular weight is 861 g/mol. The highest BCUT2D eigenvalue weighted by Crippen LogP contribution is 2.22. The standard InChI is InChI=1S/C44H64N2O15/c1-44(2,3)61-41(49)33-60-35-13-11-34(12-14-35)32-38(39(47)10-7-17-53-22-25-57-29-28-56-21-20-52-4)45-40(48)15-18-54-23-26-58-30-31-59-27-24-55-19-16-46-42(50)36-8-5-6-9-37(36)43(46)51/h5-6,8-9,11-14,38H,7,10,15-33H2,1-4H3,(H,45,48)/t38-/m0/s1. The smallest absolute Gasteiger partial charge is 0.344 e. The fraction of sp³-hybridized carbons (Fsp3) is 0.614. The molecule has 3 amide bonds. The van der Waals surface area contributed by atoms with Crippen LogP contribution in [0.15, 0.2) is 48.5 Å². The molecule has 0 radical (unpaired) electrons. The molecule has 1 aliphatic heterocycles. The second kappa shape index (κ2) is 29.8. The number of carbonyl (C=O) groups excluding carboxylic acids is 5. The van der Waals surface area contributed by atoms with Crippen molar-refractivity contribution >= 4 is 29.5 Å². The molecule has 1 aliphatic rings. The average Bonchev–Trinajstić information content (AvgIpc) is 3.47. The van der Waals surface area contributed by atoms with E-state index in [9.17, 15) is 24.0 Å². The van der Waals surface area contributed by atoms with Crippen molar-refractivity contribution in [2.75, 3.05) is 119 Å². The minimum atomic E-state index is -0.771. The Morgan fingerprint density at radius 1 is 0.623 bits per heavy atom. The van der Waals surface area contributed by atoms with Gasteiger partial charge in [0.1, 0.15) is 11.4 Å². The number of hydrogen-bond acceptors (Lipinski definition) is 15. The Kier molecular flexibility index (Phi) is 25.0. The van der Waals surface area contributed by atoms with Gasteiger partial charge in [-0.2, -0.15) is 0 Å². The van der Waals surface area contributed by atoms with E-state index in [1.54, 1.807) is 76.4 Å². The first-order chi connectivity index (χ1) is 29.5. The maximum atomic E-state index is 13.3. The van der Waals surface area contributed by atoms with Crippen molar-refractivity contribution < 1.29 is 71.3 Å². The first-order valence-electron chi connectivity index (χ1n) is 20.7. The van der Waals surface area contributed by atoms with Crippen LogP contribution in [0.4, 0.5) is 0 Å². The first-order valence-corrected chi connectivity index (χ1v) is 20.7. The molecule has 0 spiro atoms. The molecule has 1 heterocycles. The van der Waals surface area contributed by atoms with Crippen molar-refractivity contribution in [1.29, 1.82) is 0 Å². The normalized spacial score (nSPS) is 13.0. The molecule has 0 aliphatic carbocycles. The van der Waals surface area contributed by atoms with E-state index in [2.05, 4.69) is 5.32 Å². The van der Waals surface area contributed by atoms with Crippen molar-refractivity contribution in [3.05, 3.63) is 65.2 Å². The summed E-state index contributed by atoms with van der Waals surface area (Å²) in [6, 6.07) is 12.9. The van der Waals surface area contributed by atoms with Gasteiger partial charge < -0.3 is 52.7 Å². The van der Waals surface area contributed by atoms with E-state index in [1.807, 2.05) is 0 Å². The molecule has 3 rings (SSSR count). The molecule has 0 aromatic heterocycles.